The number of pyridine rings is 2. The van der Waals surface area contributed by atoms with Crippen molar-refractivity contribution in [3.63, 3.8) is 0 Å². The van der Waals surface area contributed by atoms with Gasteiger partial charge in [-0.25, -0.2) is 9.37 Å². The molecule has 1 aliphatic rings. The fraction of sp³-hybridized carbons (Fsp3) is 0.316. The number of hydrogen-bond donors (Lipinski definition) is 0. The number of ether oxygens (including phenoxy) is 2. The molecule has 2 heterocycles. The van der Waals surface area contributed by atoms with E-state index in [0.717, 1.165) is 31.9 Å². The van der Waals surface area contributed by atoms with Gasteiger partial charge in [0.2, 0.25) is 0 Å². The van der Waals surface area contributed by atoms with Crippen molar-refractivity contribution in [2.75, 3.05) is 7.11 Å². The van der Waals surface area contributed by atoms with Crippen molar-refractivity contribution < 1.29 is 13.9 Å². The molecule has 0 spiro atoms. The molecular formula is C19H18FN3O2. The van der Waals surface area contributed by atoms with E-state index in [2.05, 4.69) is 16.0 Å². The first-order chi connectivity index (χ1) is 12.2. The van der Waals surface area contributed by atoms with E-state index in [0.29, 0.717) is 17.3 Å². The van der Waals surface area contributed by atoms with E-state index in [9.17, 15) is 9.65 Å². The fourth-order valence-electron chi connectivity index (χ4n) is 2.80. The molecule has 25 heavy (non-hydrogen) atoms. The summed E-state index contributed by atoms with van der Waals surface area (Å²) in [6, 6.07) is 6.94. The van der Waals surface area contributed by atoms with Crippen molar-refractivity contribution in [3.05, 3.63) is 47.7 Å². The second-order valence-electron chi connectivity index (χ2n) is 5.80. The summed E-state index contributed by atoms with van der Waals surface area (Å²) < 4.78 is 25.0. The van der Waals surface area contributed by atoms with E-state index in [1.54, 1.807) is 19.2 Å². The molecule has 0 N–H and O–H groups in total. The Balaban J connectivity index is 1.95. The Kier molecular flexibility index (Phi) is 5.24. The highest BCUT2D eigenvalue weighted by molar-refractivity contribution is 5.88. The highest BCUT2D eigenvalue weighted by Gasteiger charge is 2.20. The van der Waals surface area contributed by atoms with Crippen LogP contribution in [0.25, 0.3) is 11.6 Å². The van der Waals surface area contributed by atoms with Crippen LogP contribution in [0, 0.1) is 17.1 Å². The number of hydrogen-bond acceptors (Lipinski definition) is 5. The smallest absolute Gasteiger partial charge is 0.257 e. The molecule has 1 fully saturated rings. The predicted octanol–water partition coefficient (Wildman–Crippen LogP) is 4.01. The lowest BCUT2D eigenvalue weighted by Gasteiger charge is -2.15. The second kappa shape index (κ2) is 7.75. The SMILES string of the molecule is COc1ccc(C(C#N)=Cc2ccncc2F)nc1OC1CCCC1. The first-order valence-corrected chi connectivity index (χ1v) is 8.14. The third-order valence-corrected chi connectivity index (χ3v) is 4.13. The molecule has 0 amide bonds. The molecule has 0 radical (unpaired) electrons. The number of rotatable bonds is 5. The largest absolute Gasteiger partial charge is 0.491 e. The minimum atomic E-state index is -0.494. The number of aromatic nitrogens is 2. The summed E-state index contributed by atoms with van der Waals surface area (Å²) >= 11 is 0. The van der Waals surface area contributed by atoms with Crippen LogP contribution in [0.3, 0.4) is 0 Å². The Hall–Kier alpha value is -2.94. The van der Waals surface area contributed by atoms with Crippen molar-refractivity contribution >= 4 is 11.6 Å². The maximum Gasteiger partial charge on any atom is 0.257 e. The number of halogens is 1. The second-order valence-corrected chi connectivity index (χ2v) is 5.80. The molecule has 1 aliphatic carbocycles. The normalized spacial score (nSPS) is 15.0. The maximum absolute atomic E-state index is 13.8. The summed E-state index contributed by atoms with van der Waals surface area (Å²) in [5, 5.41) is 9.46. The summed E-state index contributed by atoms with van der Waals surface area (Å²) in [5.74, 6) is 0.387. The Bertz CT molecular complexity index is 824. The van der Waals surface area contributed by atoms with Gasteiger partial charge in [-0.2, -0.15) is 5.26 Å². The molecule has 6 heteroatoms. The molecule has 0 atom stereocenters. The number of methoxy groups -OCH3 is 1. The highest BCUT2D eigenvalue weighted by atomic mass is 19.1. The monoisotopic (exact) mass is 339 g/mol. The van der Waals surface area contributed by atoms with Gasteiger partial charge in [-0.05, 0) is 50.0 Å². The molecule has 0 bridgehead atoms. The molecule has 3 rings (SSSR count). The standard InChI is InChI=1S/C19H18FN3O2/c1-24-18-7-6-17(23-19(18)25-15-4-2-3-5-15)14(11-21)10-13-8-9-22-12-16(13)20/h6-10,12,15H,2-5H2,1H3. The average molecular weight is 339 g/mol. The molecule has 128 valence electrons. The van der Waals surface area contributed by atoms with E-state index in [4.69, 9.17) is 9.47 Å². The van der Waals surface area contributed by atoms with Crippen LogP contribution in [0.15, 0.2) is 30.6 Å². The van der Waals surface area contributed by atoms with Gasteiger partial charge in [0.1, 0.15) is 18.0 Å². The zero-order valence-electron chi connectivity index (χ0n) is 13.9. The topological polar surface area (TPSA) is 68.0 Å². The summed E-state index contributed by atoms with van der Waals surface area (Å²) in [4.78, 5) is 8.13. The van der Waals surface area contributed by atoms with Crippen LogP contribution in [0.2, 0.25) is 0 Å². The Morgan fingerprint density at radius 2 is 2.12 bits per heavy atom. The van der Waals surface area contributed by atoms with E-state index < -0.39 is 5.82 Å². The van der Waals surface area contributed by atoms with Gasteiger partial charge in [0, 0.05) is 11.8 Å². The van der Waals surface area contributed by atoms with Gasteiger partial charge in [-0.1, -0.05) is 0 Å². The van der Waals surface area contributed by atoms with Crippen LogP contribution in [0.1, 0.15) is 36.9 Å². The third kappa shape index (κ3) is 3.94. The fourth-order valence-corrected chi connectivity index (χ4v) is 2.80. The molecule has 1 saturated carbocycles. The predicted molar refractivity (Wildman–Crippen MR) is 91.4 cm³/mol. The number of allylic oxidation sites excluding steroid dienone is 1. The molecule has 2 aromatic heterocycles. The summed E-state index contributed by atoms with van der Waals surface area (Å²) in [5.41, 5.74) is 0.930. The lowest BCUT2D eigenvalue weighted by molar-refractivity contribution is 0.191. The highest BCUT2D eigenvalue weighted by Crippen LogP contribution is 2.31. The molecule has 2 aromatic rings. The lowest BCUT2D eigenvalue weighted by atomic mass is 10.1. The maximum atomic E-state index is 13.8. The van der Waals surface area contributed by atoms with Gasteiger partial charge in [0.25, 0.3) is 5.88 Å². The summed E-state index contributed by atoms with van der Waals surface area (Å²) in [7, 11) is 1.55. The van der Waals surface area contributed by atoms with Gasteiger partial charge in [0.05, 0.1) is 24.6 Å². The van der Waals surface area contributed by atoms with E-state index in [-0.39, 0.29) is 17.2 Å². The van der Waals surface area contributed by atoms with Gasteiger partial charge in [-0.15, -0.1) is 0 Å². The zero-order chi connectivity index (χ0) is 17.6. The Labute approximate surface area is 145 Å². The van der Waals surface area contributed by atoms with E-state index in [1.807, 2.05) is 0 Å². The molecule has 0 aromatic carbocycles. The van der Waals surface area contributed by atoms with E-state index in [1.165, 1.54) is 18.3 Å². The van der Waals surface area contributed by atoms with Crippen molar-refractivity contribution in [2.24, 2.45) is 0 Å². The van der Waals surface area contributed by atoms with Crippen LogP contribution in [-0.4, -0.2) is 23.2 Å². The minimum Gasteiger partial charge on any atom is -0.491 e. The lowest BCUT2D eigenvalue weighted by Crippen LogP contribution is -2.13. The summed E-state index contributed by atoms with van der Waals surface area (Å²) in [6.45, 7) is 0. The van der Waals surface area contributed by atoms with Crippen LogP contribution in [0.4, 0.5) is 4.39 Å². The molecule has 5 nitrogen and oxygen atoms in total. The Morgan fingerprint density at radius 1 is 1.32 bits per heavy atom. The van der Waals surface area contributed by atoms with Crippen LogP contribution in [-0.2, 0) is 0 Å². The van der Waals surface area contributed by atoms with Crippen molar-refractivity contribution in [1.29, 1.82) is 5.26 Å². The van der Waals surface area contributed by atoms with Gasteiger partial charge >= 0.3 is 0 Å². The quantitative estimate of drug-likeness (QED) is 0.770. The van der Waals surface area contributed by atoms with Gasteiger partial charge in [0.15, 0.2) is 5.75 Å². The average Bonchev–Trinajstić information content (AvgIpc) is 3.14. The first-order valence-electron chi connectivity index (χ1n) is 8.14. The first kappa shape index (κ1) is 16.9. The van der Waals surface area contributed by atoms with Crippen molar-refractivity contribution in [2.45, 2.75) is 31.8 Å². The number of nitrogens with zero attached hydrogens (tertiary/aromatic N) is 3. The van der Waals surface area contributed by atoms with Crippen LogP contribution < -0.4 is 9.47 Å². The number of nitriles is 1. The third-order valence-electron chi connectivity index (χ3n) is 4.13. The molecule has 0 aliphatic heterocycles. The van der Waals surface area contributed by atoms with Gasteiger partial charge < -0.3 is 9.47 Å². The van der Waals surface area contributed by atoms with Crippen molar-refractivity contribution in [1.82, 2.24) is 9.97 Å². The van der Waals surface area contributed by atoms with Gasteiger partial charge in [-0.3, -0.25) is 4.98 Å². The Morgan fingerprint density at radius 3 is 2.80 bits per heavy atom. The molecule has 0 unspecified atom stereocenters. The molecular weight excluding hydrogens is 321 g/mol. The zero-order valence-corrected chi connectivity index (χ0v) is 13.9. The van der Waals surface area contributed by atoms with Crippen LogP contribution in [0.5, 0.6) is 11.6 Å². The summed E-state index contributed by atoms with van der Waals surface area (Å²) in [6.07, 6.45) is 8.39. The van der Waals surface area contributed by atoms with Crippen molar-refractivity contribution in [3.8, 4) is 17.7 Å². The minimum absolute atomic E-state index is 0.115. The van der Waals surface area contributed by atoms with Crippen LogP contribution >= 0.6 is 0 Å². The molecule has 0 saturated heterocycles. The van der Waals surface area contributed by atoms with E-state index >= 15 is 0 Å².